The van der Waals surface area contributed by atoms with E-state index in [9.17, 15) is 4.79 Å². The number of carbonyl (C=O) groups excluding carboxylic acids is 1. The Kier molecular flexibility index (Phi) is 8.61. The second kappa shape index (κ2) is 10.9. The minimum atomic E-state index is -0.463. The molecule has 2 rings (SSSR count). The van der Waals surface area contributed by atoms with Crippen molar-refractivity contribution >= 4 is 12.1 Å². The summed E-state index contributed by atoms with van der Waals surface area (Å²) in [4.78, 5) is 20.6. The van der Waals surface area contributed by atoms with Crippen LogP contribution in [0.1, 0.15) is 33.6 Å². The number of likely N-dealkylation sites (tertiary alicyclic amines) is 1. The predicted molar refractivity (Wildman–Crippen MR) is 116 cm³/mol. The first-order valence-electron chi connectivity index (χ1n) is 10.4. The Labute approximate surface area is 175 Å². The monoisotopic (exact) mass is 404 g/mol. The summed E-state index contributed by atoms with van der Waals surface area (Å²) in [5.41, 5.74) is -0.463. The second-order valence-electron chi connectivity index (χ2n) is 8.45. The van der Waals surface area contributed by atoms with E-state index in [0.717, 1.165) is 44.2 Å². The number of aliphatic imine (C=N–C) groups is 1. The predicted octanol–water partition coefficient (Wildman–Crippen LogP) is 3.22. The molecule has 7 nitrogen and oxygen atoms in total. The molecule has 162 valence electrons. The molecular formula is C22H36N4O3. The number of amides is 1. The number of rotatable bonds is 6. The van der Waals surface area contributed by atoms with E-state index in [2.05, 4.69) is 15.2 Å². The van der Waals surface area contributed by atoms with Gasteiger partial charge < -0.3 is 24.6 Å². The number of likely N-dealkylation sites (N-methyl/N-ethyl adjacent to an activating group) is 1. The molecule has 1 aliphatic rings. The number of carbonyl (C=O) groups is 1. The van der Waals surface area contributed by atoms with Crippen LogP contribution in [-0.4, -0.2) is 74.3 Å². The molecule has 0 bridgehead atoms. The summed E-state index contributed by atoms with van der Waals surface area (Å²) in [5, 5.41) is 3.44. The highest BCUT2D eigenvalue weighted by molar-refractivity contribution is 5.79. The van der Waals surface area contributed by atoms with Gasteiger partial charge in [0.2, 0.25) is 0 Å². The highest BCUT2D eigenvalue weighted by atomic mass is 16.6. The zero-order valence-electron chi connectivity index (χ0n) is 18.5. The van der Waals surface area contributed by atoms with Crippen molar-refractivity contribution in [3.05, 3.63) is 30.3 Å². The van der Waals surface area contributed by atoms with Crippen molar-refractivity contribution in [2.45, 2.75) is 39.2 Å². The third-order valence-electron chi connectivity index (χ3n) is 4.73. The molecule has 1 atom stereocenters. The standard InChI is InChI=1S/C22H36N4O3/c1-22(2,3)29-21(27)26-13-9-10-18(17-26)16-24-20(23-4)25(5)14-15-28-19-11-7-6-8-12-19/h6-8,11-12,18H,9-10,13-17H2,1-5H3,(H,23,24). The minimum Gasteiger partial charge on any atom is -0.492 e. The molecule has 1 heterocycles. The number of ether oxygens (including phenoxy) is 2. The average molecular weight is 405 g/mol. The lowest BCUT2D eigenvalue weighted by molar-refractivity contribution is 0.0168. The maximum atomic E-state index is 12.3. The van der Waals surface area contributed by atoms with Crippen molar-refractivity contribution in [3.63, 3.8) is 0 Å². The zero-order valence-corrected chi connectivity index (χ0v) is 18.5. The van der Waals surface area contributed by atoms with Crippen LogP contribution in [0, 0.1) is 5.92 Å². The summed E-state index contributed by atoms with van der Waals surface area (Å²) in [7, 11) is 3.78. The molecule has 0 spiro atoms. The first-order valence-corrected chi connectivity index (χ1v) is 10.4. The fraction of sp³-hybridized carbons (Fsp3) is 0.636. The van der Waals surface area contributed by atoms with E-state index >= 15 is 0 Å². The number of para-hydroxylation sites is 1. The Morgan fingerprint density at radius 1 is 1.31 bits per heavy atom. The Morgan fingerprint density at radius 2 is 2.03 bits per heavy atom. The summed E-state index contributed by atoms with van der Waals surface area (Å²) in [5.74, 6) is 2.08. The van der Waals surface area contributed by atoms with E-state index in [-0.39, 0.29) is 6.09 Å². The van der Waals surface area contributed by atoms with Crippen molar-refractivity contribution in [2.75, 3.05) is 46.9 Å². The number of nitrogens with one attached hydrogen (secondary N) is 1. The SMILES string of the molecule is CN=C(NCC1CCCN(C(=O)OC(C)(C)C)C1)N(C)CCOc1ccccc1. The van der Waals surface area contributed by atoms with Gasteiger partial charge in [-0.2, -0.15) is 0 Å². The van der Waals surface area contributed by atoms with Crippen LogP contribution in [0.2, 0.25) is 0 Å². The van der Waals surface area contributed by atoms with Gasteiger partial charge in [-0.15, -0.1) is 0 Å². The molecule has 1 N–H and O–H groups in total. The van der Waals surface area contributed by atoms with E-state index in [1.165, 1.54) is 0 Å². The highest BCUT2D eigenvalue weighted by Crippen LogP contribution is 2.19. The number of hydrogen-bond donors (Lipinski definition) is 1. The second-order valence-corrected chi connectivity index (χ2v) is 8.45. The van der Waals surface area contributed by atoms with Gasteiger partial charge in [0.25, 0.3) is 0 Å². The molecule has 0 radical (unpaired) electrons. The van der Waals surface area contributed by atoms with Crippen LogP contribution >= 0.6 is 0 Å². The zero-order chi connectivity index (χ0) is 21.3. The van der Waals surface area contributed by atoms with Gasteiger partial charge >= 0.3 is 6.09 Å². The van der Waals surface area contributed by atoms with Crippen LogP contribution in [0.5, 0.6) is 5.75 Å². The topological polar surface area (TPSA) is 66.4 Å². The molecule has 0 aromatic heterocycles. The lowest BCUT2D eigenvalue weighted by Crippen LogP contribution is -2.47. The molecule has 1 aliphatic heterocycles. The van der Waals surface area contributed by atoms with Gasteiger partial charge in [-0.3, -0.25) is 4.99 Å². The Hall–Kier alpha value is -2.44. The number of guanidine groups is 1. The number of hydrogen-bond acceptors (Lipinski definition) is 4. The van der Waals surface area contributed by atoms with E-state index < -0.39 is 5.60 Å². The molecule has 1 aromatic carbocycles. The molecule has 1 unspecified atom stereocenters. The molecular weight excluding hydrogens is 368 g/mol. The van der Waals surface area contributed by atoms with E-state index in [4.69, 9.17) is 9.47 Å². The average Bonchev–Trinajstić information content (AvgIpc) is 2.68. The van der Waals surface area contributed by atoms with Crippen LogP contribution in [0.3, 0.4) is 0 Å². The summed E-state index contributed by atoms with van der Waals surface area (Å²) in [6.07, 6.45) is 1.86. The normalized spacial score (nSPS) is 17.6. The first kappa shape index (κ1) is 22.8. The van der Waals surface area contributed by atoms with Gasteiger partial charge in [0.1, 0.15) is 18.0 Å². The molecule has 7 heteroatoms. The lowest BCUT2D eigenvalue weighted by atomic mass is 9.98. The first-order chi connectivity index (χ1) is 13.8. The van der Waals surface area contributed by atoms with Crippen molar-refractivity contribution in [1.29, 1.82) is 0 Å². The van der Waals surface area contributed by atoms with Crippen molar-refractivity contribution in [2.24, 2.45) is 10.9 Å². The Bertz CT molecular complexity index is 658. The third-order valence-corrected chi connectivity index (χ3v) is 4.73. The Balaban J connectivity index is 1.75. The summed E-state index contributed by atoms with van der Waals surface area (Å²) in [6.45, 7) is 9.24. The van der Waals surface area contributed by atoms with E-state index in [1.54, 1.807) is 7.05 Å². The largest absolute Gasteiger partial charge is 0.492 e. The third kappa shape index (κ3) is 8.21. The maximum absolute atomic E-state index is 12.3. The highest BCUT2D eigenvalue weighted by Gasteiger charge is 2.27. The number of nitrogens with zero attached hydrogens (tertiary/aromatic N) is 3. The smallest absolute Gasteiger partial charge is 0.410 e. The van der Waals surface area contributed by atoms with Crippen molar-refractivity contribution in [3.8, 4) is 5.75 Å². The van der Waals surface area contributed by atoms with E-state index in [0.29, 0.717) is 19.1 Å². The fourth-order valence-corrected chi connectivity index (χ4v) is 3.27. The molecule has 0 saturated carbocycles. The van der Waals surface area contributed by atoms with Gasteiger partial charge in [0.05, 0.1) is 6.54 Å². The van der Waals surface area contributed by atoms with Crippen LogP contribution in [0.25, 0.3) is 0 Å². The molecule has 0 aliphatic carbocycles. The van der Waals surface area contributed by atoms with E-state index in [1.807, 2.05) is 63.1 Å². The van der Waals surface area contributed by atoms with Crippen LogP contribution < -0.4 is 10.1 Å². The molecule has 1 aromatic rings. The van der Waals surface area contributed by atoms with Crippen LogP contribution in [-0.2, 0) is 4.74 Å². The van der Waals surface area contributed by atoms with Crippen LogP contribution in [0.15, 0.2) is 35.3 Å². The summed E-state index contributed by atoms with van der Waals surface area (Å²) >= 11 is 0. The molecule has 1 saturated heterocycles. The summed E-state index contributed by atoms with van der Waals surface area (Å²) in [6, 6.07) is 9.80. The number of benzene rings is 1. The van der Waals surface area contributed by atoms with Gasteiger partial charge in [0, 0.05) is 33.7 Å². The van der Waals surface area contributed by atoms with Gasteiger partial charge in [-0.1, -0.05) is 18.2 Å². The maximum Gasteiger partial charge on any atom is 0.410 e. The molecule has 1 amide bonds. The molecule has 1 fully saturated rings. The van der Waals surface area contributed by atoms with Gasteiger partial charge in [0.15, 0.2) is 5.96 Å². The Morgan fingerprint density at radius 3 is 2.69 bits per heavy atom. The summed E-state index contributed by atoms with van der Waals surface area (Å²) < 4.78 is 11.3. The fourth-order valence-electron chi connectivity index (χ4n) is 3.27. The van der Waals surface area contributed by atoms with Crippen molar-refractivity contribution in [1.82, 2.24) is 15.1 Å². The van der Waals surface area contributed by atoms with Crippen molar-refractivity contribution < 1.29 is 14.3 Å². The molecule has 29 heavy (non-hydrogen) atoms. The quantitative estimate of drug-likeness (QED) is 0.582. The van der Waals surface area contributed by atoms with Crippen LogP contribution in [0.4, 0.5) is 4.79 Å². The minimum absolute atomic E-state index is 0.221. The lowest BCUT2D eigenvalue weighted by Gasteiger charge is -2.34. The number of piperidine rings is 1. The van der Waals surface area contributed by atoms with Gasteiger partial charge in [-0.25, -0.2) is 4.79 Å². The van der Waals surface area contributed by atoms with Gasteiger partial charge in [-0.05, 0) is 51.7 Å².